The number of anilines is 1. The van der Waals surface area contributed by atoms with E-state index in [1.54, 1.807) is 0 Å². The Morgan fingerprint density at radius 2 is 1.95 bits per heavy atom. The van der Waals surface area contributed by atoms with Gasteiger partial charge in [0.1, 0.15) is 0 Å². The summed E-state index contributed by atoms with van der Waals surface area (Å²) in [7, 11) is 0. The maximum absolute atomic E-state index is 11.7. The van der Waals surface area contributed by atoms with E-state index in [1.165, 1.54) is 0 Å². The minimum absolute atomic E-state index is 0.131. The van der Waals surface area contributed by atoms with Crippen molar-refractivity contribution in [3.05, 3.63) is 29.8 Å². The van der Waals surface area contributed by atoms with Gasteiger partial charge in [0.2, 0.25) is 5.91 Å². The SMILES string of the molecule is CCCC(N)C(=O)Nc1ccc(COC(C)C)cc1. The van der Waals surface area contributed by atoms with Crippen LogP contribution in [0.25, 0.3) is 0 Å². The third kappa shape index (κ3) is 5.85. The molecule has 1 amide bonds. The Balaban J connectivity index is 2.50. The zero-order chi connectivity index (χ0) is 14.3. The van der Waals surface area contributed by atoms with Crippen LogP contribution < -0.4 is 11.1 Å². The Morgan fingerprint density at radius 1 is 1.32 bits per heavy atom. The van der Waals surface area contributed by atoms with E-state index in [9.17, 15) is 4.79 Å². The van der Waals surface area contributed by atoms with Crippen LogP contribution in [0.5, 0.6) is 0 Å². The molecule has 1 rings (SSSR count). The topological polar surface area (TPSA) is 64.4 Å². The second-order valence-corrected chi connectivity index (χ2v) is 4.94. The summed E-state index contributed by atoms with van der Waals surface area (Å²) in [6.07, 6.45) is 1.82. The first-order chi connectivity index (χ1) is 9.02. The molecule has 0 aliphatic rings. The summed E-state index contributed by atoms with van der Waals surface area (Å²) in [5.74, 6) is -0.131. The monoisotopic (exact) mass is 264 g/mol. The molecule has 0 aromatic heterocycles. The molecule has 0 heterocycles. The molecule has 1 aromatic carbocycles. The Morgan fingerprint density at radius 3 is 2.47 bits per heavy atom. The number of ether oxygens (including phenoxy) is 1. The summed E-state index contributed by atoms with van der Waals surface area (Å²) < 4.78 is 5.51. The molecule has 1 unspecified atom stereocenters. The lowest BCUT2D eigenvalue weighted by Crippen LogP contribution is -2.35. The number of hydrogen-bond donors (Lipinski definition) is 2. The molecule has 0 spiro atoms. The van der Waals surface area contributed by atoms with Gasteiger partial charge in [-0.05, 0) is 38.0 Å². The van der Waals surface area contributed by atoms with Crippen LogP contribution in [-0.2, 0) is 16.1 Å². The molecule has 0 aliphatic carbocycles. The normalized spacial score (nSPS) is 12.5. The molecule has 1 aromatic rings. The fourth-order valence-corrected chi connectivity index (χ4v) is 1.62. The highest BCUT2D eigenvalue weighted by Crippen LogP contribution is 2.11. The molecule has 4 nitrogen and oxygen atoms in total. The van der Waals surface area contributed by atoms with Gasteiger partial charge in [0.15, 0.2) is 0 Å². The van der Waals surface area contributed by atoms with E-state index in [4.69, 9.17) is 10.5 Å². The first-order valence-corrected chi connectivity index (χ1v) is 6.80. The highest BCUT2D eigenvalue weighted by molar-refractivity contribution is 5.94. The summed E-state index contributed by atoms with van der Waals surface area (Å²) in [5.41, 5.74) is 7.61. The van der Waals surface area contributed by atoms with Gasteiger partial charge in [-0.15, -0.1) is 0 Å². The largest absolute Gasteiger partial charge is 0.374 e. The molecule has 0 saturated carbocycles. The van der Waals surface area contributed by atoms with Crippen LogP contribution in [0.15, 0.2) is 24.3 Å². The lowest BCUT2D eigenvalue weighted by Gasteiger charge is -2.12. The van der Waals surface area contributed by atoms with E-state index in [2.05, 4.69) is 5.32 Å². The molecule has 0 bridgehead atoms. The van der Waals surface area contributed by atoms with Crippen LogP contribution in [0.1, 0.15) is 39.2 Å². The Labute approximate surface area is 115 Å². The predicted octanol–water partition coefficient (Wildman–Crippen LogP) is 2.68. The number of nitrogens with one attached hydrogen (secondary N) is 1. The Bertz CT molecular complexity index is 388. The van der Waals surface area contributed by atoms with Gasteiger partial charge in [-0.25, -0.2) is 0 Å². The minimum Gasteiger partial charge on any atom is -0.374 e. The number of rotatable bonds is 7. The number of amides is 1. The number of hydrogen-bond acceptors (Lipinski definition) is 3. The fraction of sp³-hybridized carbons (Fsp3) is 0.533. The van der Waals surface area contributed by atoms with Crippen molar-refractivity contribution in [2.45, 2.75) is 52.4 Å². The summed E-state index contributed by atoms with van der Waals surface area (Å²) in [5, 5.41) is 2.81. The molecule has 0 radical (unpaired) electrons. The molecular weight excluding hydrogens is 240 g/mol. The van der Waals surface area contributed by atoms with E-state index in [0.717, 1.165) is 17.7 Å². The average molecular weight is 264 g/mol. The van der Waals surface area contributed by atoms with Crippen molar-refractivity contribution in [3.63, 3.8) is 0 Å². The van der Waals surface area contributed by atoms with Crippen molar-refractivity contribution in [2.75, 3.05) is 5.32 Å². The number of benzene rings is 1. The van der Waals surface area contributed by atoms with Crippen LogP contribution in [0.4, 0.5) is 5.69 Å². The number of nitrogens with two attached hydrogens (primary N) is 1. The molecular formula is C15H24N2O2. The van der Waals surface area contributed by atoms with Crippen molar-refractivity contribution in [1.82, 2.24) is 0 Å². The van der Waals surface area contributed by atoms with Gasteiger partial charge in [-0.2, -0.15) is 0 Å². The number of carbonyl (C=O) groups excluding carboxylic acids is 1. The third-order valence-electron chi connectivity index (χ3n) is 2.74. The van der Waals surface area contributed by atoms with E-state index >= 15 is 0 Å². The van der Waals surface area contributed by atoms with Gasteiger partial charge >= 0.3 is 0 Å². The van der Waals surface area contributed by atoms with Crippen molar-refractivity contribution >= 4 is 11.6 Å². The van der Waals surface area contributed by atoms with Crippen LogP contribution in [-0.4, -0.2) is 18.1 Å². The fourth-order valence-electron chi connectivity index (χ4n) is 1.62. The van der Waals surface area contributed by atoms with Gasteiger partial charge in [-0.3, -0.25) is 4.79 Å². The van der Waals surface area contributed by atoms with Crippen LogP contribution in [0.2, 0.25) is 0 Å². The van der Waals surface area contributed by atoms with Gasteiger partial charge in [0.05, 0.1) is 18.8 Å². The molecule has 3 N–H and O–H groups in total. The summed E-state index contributed by atoms with van der Waals surface area (Å²) in [4.78, 5) is 11.7. The molecule has 4 heteroatoms. The van der Waals surface area contributed by atoms with Crippen molar-refractivity contribution in [1.29, 1.82) is 0 Å². The summed E-state index contributed by atoms with van der Waals surface area (Å²) in [6, 6.07) is 7.20. The molecule has 0 fully saturated rings. The molecule has 1 atom stereocenters. The maximum atomic E-state index is 11.7. The lowest BCUT2D eigenvalue weighted by molar-refractivity contribution is -0.117. The zero-order valence-electron chi connectivity index (χ0n) is 12.0. The third-order valence-corrected chi connectivity index (χ3v) is 2.74. The summed E-state index contributed by atoms with van der Waals surface area (Å²) >= 11 is 0. The Kier molecular flexibility index (Phi) is 6.53. The van der Waals surface area contributed by atoms with Crippen LogP contribution in [0.3, 0.4) is 0 Å². The standard InChI is InChI=1S/C15H24N2O2/c1-4-5-14(16)15(18)17-13-8-6-12(7-9-13)10-19-11(2)3/h6-9,11,14H,4-5,10,16H2,1-3H3,(H,17,18). The van der Waals surface area contributed by atoms with E-state index in [1.807, 2.05) is 45.0 Å². The second-order valence-electron chi connectivity index (χ2n) is 4.94. The first-order valence-electron chi connectivity index (χ1n) is 6.80. The average Bonchev–Trinajstić information content (AvgIpc) is 2.38. The van der Waals surface area contributed by atoms with Crippen molar-refractivity contribution < 1.29 is 9.53 Å². The van der Waals surface area contributed by atoms with Crippen LogP contribution in [0, 0.1) is 0 Å². The van der Waals surface area contributed by atoms with Crippen molar-refractivity contribution in [3.8, 4) is 0 Å². The number of carbonyl (C=O) groups is 1. The van der Waals surface area contributed by atoms with Gasteiger partial charge in [0, 0.05) is 5.69 Å². The smallest absolute Gasteiger partial charge is 0.241 e. The van der Waals surface area contributed by atoms with Gasteiger partial charge < -0.3 is 15.8 Å². The van der Waals surface area contributed by atoms with Crippen LogP contribution >= 0.6 is 0 Å². The molecule has 0 saturated heterocycles. The minimum atomic E-state index is -0.436. The van der Waals surface area contributed by atoms with E-state index < -0.39 is 6.04 Å². The molecule has 19 heavy (non-hydrogen) atoms. The Hall–Kier alpha value is -1.39. The summed E-state index contributed by atoms with van der Waals surface area (Å²) in [6.45, 7) is 6.60. The lowest BCUT2D eigenvalue weighted by atomic mass is 10.1. The first kappa shape index (κ1) is 15.7. The predicted molar refractivity (Wildman–Crippen MR) is 77.9 cm³/mol. The van der Waals surface area contributed by atoms with Gasteiger partial charge in [-0.1, -0.05) is 25.5 Å². The highest BCUT2D eigenvalue weighted by atomic mass is 16.5. The quantitative estimate of drug-likeness (QED) is 0.795. The zero-order valence-corrected chi connectivity index (χ0v) is 12.0. The van der Waals surface area contributed by atoms with Gasteiger partial charge in [0.25, 0.3) is 0 Å². The molecule has 0 aliphatic heterocycles. The molecule has 106 valence electrons. The van der Waals surface area contributed by atoms with E-state index in [-0.39, 0.29) is 12.0 Å². The maximum Gasteiger partial charge on any atom is 0.241 e. The van der Waals surface area contributed by atoms with Crippen molar-refractivity contribution in [2.24, 2.45) is 5.73 Å². The van der Waals surface area contributed by atoms with E-state index in [0.29, 0.717) is 13.0 Å². The second kappa shape index (κ2) is 7.92. The highest BCUT2D eigenvalue weighted by Gasteiger charge is 2.11.